The molecule has 4 rings (SSSR count). The second-order valence-electron chi connectivity index (χ2n) is 6.99. The zero-order valence-electron chi connectivity index (χ0n) is 15.7. The Balaban J connectivity index is 1.54. The van der Waals surface area contributed by atoms with Gasteiger partial charge in [-0.2, -0.15) is 8.42 Å². The van der Waals surface area contributed by atoms with Crippen LogP contribution in [0.3, 0.4) is 0 Å². The number of amides is 1. The molecule has 1 atom stereocenters. The number of hydrogen-bond donors (Lipinski definition) is 0. The number of hydrogen-bond acceptors (Lipinski definition) is 5. The highest BCUT2D eigenvalue weighted by molar-refractivity contribution is 7.86. The number of aromatic nitrogens is 2. The highest BCUT2D eigenvalue weighted by Gasteiger charge is 2.29. The van der Waals surface area contributed by atoms with Gasteiger partial charge in [0.2, 0.25) is 0 Å². The number of para-hydroxylation sites is 2. The van der Waals surface area contributed by atoms with Gasteiger partial charge in [0.15, 0.2) is 0 Å². The molecule has 1 saturated heterocycles. The molecule has 0 saturated carbocycles. The van der Waals surface area contributed by atoms with Crippen molar-refractivity contribution in [2.45, 2.75) is 19.4 Å². The normalized spacial score (nSPS) is 17.4. The van der Waals surface area contributed by atoms with E-state index in [0.29, 0.717) is 18.5 Å². The van der Waals surface area contributed by atoms with Gasteiger partial charge in [-0.1, -0.05) is 12.1 Å². The van der Waals surface area contributed by atoms with Crippen LogP contribution in [0.1, 0.15) is 22.6 Å². The highest BCUT2D eigenvalue weighted by Crippen LogP contribution is 2.22. The van der Waals surface area contributed by atoms with E-state index in [1.165, 1.54) is 0 Å². The number of benzene rings is 2. The highest BCUT2D eigenvalue weighted by atomic mass is 32.2. The van der Waals surface area contributed by atoms with Gasteiger partial charge in [-0.05, 0) is 49.7 Å². The molecule has 8 heteroatoms. The number of imidazole rings is 1. The van der Waals surface area contributed by atoms with E-state index in [2.05, 4.69) is 9.55 Å². The van der Waals surface area contributed by atoms with Crippen molar-refractivity contribution in [3.05, 3.63) is 59.9 Å². The maximum atomic E-state index is 12.7. The van der Waals surface area contributed by atoms with Crippen molar-refractivity contribution in [3.8, 4) is 5.69 Å². The monoisotopic (exact) mass is 399 g/mol. The van der Waals surface area contributed by atoms with Gasteiger partial charge in [-0.3, -0.25) is 13.5 Å². The van der Waals surface area contributed by atoms with Crippen LogP contribution in [0.4, 0.5) is 0 Å². The third kappa shape index (κ3) is 3.65. The first kappa shape index (κ1) is 18.6. The third-order valence-electron chi connectivity index (χ3n) is 4.84. The Labute approximate surface area is 163 Å². The minimum atomic E-state index is -3.52. The van der Waals surface area contributed by atoms with Crippen LogP contribution in [0.5, 0.6) is 0 Å². The van der Waals surface area contributed by atoms with Crippen LogP contribution in [0, 0.1) is 6.92 Å². The molecule has 1 aromatic heterocycles. The molecular formula is C20H21N3O4S. The largest absolute Gasteiger partial charge is 0.336 e. The molecule has 1 aliphatic heterocycles. The third-order valence-corrected chi connectivity index (χ3v) is 5.47. The SMILES string of the molecule is Cc1nc2ccccc2n1-c1ccc(C(=O)N2CCC(OS(C)(=O)=O)C2)cc1. The van der Waals surface area contributed by atoms with E-state index in [-0.39, 0.29) is 12.5 Å². The van der Waals surface area contributed by atoms with E-state index >= 15 is 0 Å². The van der Waals surface area contributed by atoms with E-state index in [9.17, 15) is 13.2 Å². The Morgan fingerprint density at radius 1 is 1.14 bits per heavy atom. The summed E-state index contributed by atoms with van der Waals surface area (Å²) in [4.78, 5) is 18.9. The summed E-state index contributed by atoms with van der Waals surface area (Å²) in [7, 11) is -3.52. The Morgan fingerprint density at radius 3 is 2.57 bits per heavy atom. The van der Waals surface area contributed by atoms with E-state index in [1.54, 1.807) is 17.0 Å². The summed E-state index contributed by atoms with van der Waals surface area (Å²) >= 11 is 0. The fourth-order valence-electron chi connectivity index (χ4n) is 3.65. The first-order chi connectivity index (χ1) is 13.3. The van der Waals surface area contributed by atoms with Crippen LogP contribution in [0.15, 0.2) is 48.5 Å². The predicted molar refractivity (Wildman–Crippen MR) is 106 cm³/mol. The number of aryl methyl sites for hydroxylation is 1. The summed E-state index contributed by atoms with van der Waals surface area (Å²) < 4.78 is 29.6. The van der Waals surface area contributed by atoms with Gasteiger partial charge in [0, 0.05) is 24.3 Å². The van der Waals surface area contributed by atoms with Crippen LogP contribution < -0.4 is 0 Å². The maximum absolute atomic E-state index is 12.7. The average molecular weight is 399 g/mol. The summed E-state index contributed by atoms with van der Waals surface area (Å²) in [5, 5.41) is 0. The van der Waals surface area contributed by atoms with E-state index in [0.717, 1.165) is 28.8 Å². The molecule has 1 aliphatic rings. The van der Waals surface area contributed by atoms with E-state index < -0.39 is 16.2 Å². The smallest absolute Gasteiger partial charge is 0.264 e. The average Bonchev–Trinajstić information content (AvgIpc) is 3.23. The Hall–Kier alpha value is -2.71. The van der Waals surface area contributed by atoms with Crippen molar-refractivity contribution in [1.82, 2.24) is 14.5 Å². The number of nitrogens with zero attached hydrogens (tertiary/aromatic N) is 3. The minimum Gasteiger partial charge on any atom is -0.336 e. The van der Waals surface area contributed by atoms with Crippen LogP contribution in [0.2, 0.25) is 0 Å². The zero-order valence-corrected chi connectivity index (χ0v) is 16.5. The molecule has 1 fully saturated rings. The molecule has 7 nitrogen and oxygen atoms in total. The van der Waals surface area contributed by atoms with E-state index in [4.69, 9.17) is 4.18 Å². The van der Waals surface area contributed by atoms with Gasteiger partial charge in [0.05, 0.1) is 23.4 Å². The van der Waals surface area contributed by atoms with E-state index in [1.807, 2.05) is 43.3 Å². The van der Waals surface area contributed by atoms with Crippen molar-refractivity contribution in [3.63, 3.8) is 0 Å². The standard InChI is InChI=1S/C20H21N3O4S/c1-14-21-18-5-3-4-6-19(18)23(14)16-9-7-15(8-10-16)20(24)22-12-11-17(13-22)27-28(2,25)26/h3-10,17H,11-13H2,1-2H3. The van der Waals surface area contributed by atoms with Gasteiger partial charge in [-0.15, -0.1) is 0 Å². The molecule has 3 aromatic rings. The summed E-state index contributed by atoms with van der Waals surface area (Å²) in [5.41, 5.74) is 3.43. The molecule has 2 heterocycles. The first-order valence-electron chi connectivity index (χ1n) is 9.04. The quantitative estimate of drug-likeness (QED) is 0.630. The predicted octanol–water partition coefficient (Wildman–Crippen LogP) is 2.52. The molecular weight excluding hydrogens is 378 g/mol. The second-order valence-corrected chi connectivity index (χ2v) is 8.59. The molecule has 28 heavy (non-hydrogen) atoms. The zero-order chi connectivity index (χ0) is 19.9. The van der Waals surface area contributed by atoms with Gasteiger partial charge in [0.1, 0.15) is 5.82 Å². The number of carbonyl (C=O) groups excluding carboxylic acids is 1. The van der Waals surface area contributed by atoms with Gasteiger partial charge >= 0.3 is 0 Å². The molecule has 146 valence electrons. The van der Waals surface area contributed by atoms with Crippen molar-refractivity contribution in [2.75, 3.05) is 19.3 Å². The van der Waals surface area contributed by atoms with Crippen molar-refractivity contribution >= 4 is 27.1 Å². The van der Waals surface area contributed by atoms with Gasteiger partial charge in [0.25, 0.3) is 16.0 Å². The lowest BCUT2D eigenvalue weighted by atomic mass is 10.1. The Morgan fingerprint density at radius 2 is 1.86 bits per heavy atom. The number of carbonyl (C=O) groups is 1. The van der Waals surface area contributed by atoms with Gasteiger partial charge < -0.3 is 4.90 Å². The Kier molecular flexibility index (Phi) is 4.68. The molecule has 1 amide bonds. The summed E-state index contributed by atoms with van der Waals surface area (Å²) in [6, 6.07) is 15.3. The molecule has 2 aromatic carbocycles. The summed E-state index contributed by atoms with van der Waals surface area (Å²) in [6.07, 6.45) is 1.06. The molecule has 1 unspecified atom stereocenters. The number of likely N-dealkylation sites (tertiary alicyclic amines) is 1. The Bertz CT molecular complexity index is 1140. The number of fused-ring (bicyclic) bond motifs is 1. The fourth-order valence-corrected chi connectivity index (χ4v) is 4.30. The molecule has 0 spiro atoms. The first-order valence-corrected chi connectivity index (χ1v) is 10.9. The maximum Gasteiger partial charge on any atom is 0.264 e. The molecule has 0 aliphatic carbocycles. The lowest BCUT2D eigenvalue weighted by Gasteiger charge is -2.17. The molecule has 0 N–H and O–H groups in total. The second kappa shape index (κ2) is 7.03. The van der Waals surface area contributed by atoms with Crippen LogP contribution in [0.25, 0.3) is 16.7 Å². The van der Waals surface area contributed by atoms with Crippen molar-refractivity contribution in [1.29, 1.82) is 0 Å². The van der Waals surface area contributed by atoms with Crippen LogP contribution >= 0.6 is 0 Å². The molecule has 0 radical (unpaired) electrons. The molecule has 0 bridgehead atoms. The fraction of sp³-hybridized carbons (Fsp3) is 0.300. The summed E-state index contributed by atoms with van der Waals surface area (Å²) in [6.45, 7) is 2.70. The topological polar surface area (TPSA) is 81.5 Å². The van der Waals surface area contributed by atoms with Crippen LogP contribution in [-0.4, -0.2) is 54.2 Å². The lowest BCUT2D eigenvalue weighted by molar-refractivity contribution is 0.0773. The minimum absolute atomic E-state index is 0.127. The van der Waals surface area contributed by atoms with Crippen molar-refractivity contribution in [2.24, 2.45) is 0 Å². The number of rotatable bonds is 4. The summed E-state index contributed by atoms with van der Waals surface area (Å²) in [5.74, 6) is 0.749. The lowest BCUT2D eigenvalue weighted by Crippen LogP contribution is -2.30. The van der Waals surface area contributed by atoms with Gasteiger partial charge in [-0.25, -0.2) is 4.98 Å². The van der Waals surface area contributed by atoms with Crippen molar-refractivity contribution < 1.29 is 17.4 Å². The van der Waals surface area contributed by atoms with Crippen LogP contribution in [-0.2, 0) is 14.3 Å².